The third-order valence-corrected chi connectivity index (χ3v) is 4.58. The molecule has 0 aromatic heterocycles. The minimum atomic E-state index is -0.457. The lowest BCUT2D eigenvalue weighted by Gasteiger charge is -2.37. The van der Waals surface area contributed by atoms with E-state index in [1.807, 2.05) is 44.2 Å². The maximum Gasteiger partial charge on any atom is 0.0805 e. The number of morpholine rings is 1. The highest BCUT2D eigenvalue weighted by Crippen LogP contribution is 2.25. The number of benzene rings is 1. The van der Waals surface area contributed by atoms with Crippen molar-refractivity contribution < 1.29 is 9.84 Å². The highest BCUT2D eigenvalue weighted by atomic mass is 16.5. The van der Waals surface area contributed by atoms with Crippen molar-refractivity contribution in [2.75, 3.05) is 26.3 Å². The van der Waals surface area contributed by atoms with E-state index in [1.165, 1.54) is 0 Å². The van der Waals surface area contributed by atoms with Crippen LogP contribution >= 0.6 is 0 Å². The fourth-order valence-corrected chi connectivity index (χ4v) is 3.05. The van der Waals surface area contributed by atoms with Crippen molar-refractivity contribution in [2.24, 2.45) is 5.41 Å². The molecule has 23 heavy (non-hydrogen) atoms. The van der Waals surface area contributed by atoms with Crippen LogP contribution in [0.15, 0.2) is 30.3 Å². The normalized spacial score (nSPS) is 20.9. The minimum Gasteiger partial charge on any atom is -0.388 e. The van der Waals surface area contributed by atoms with Gasteiger partial charge in [-0.2, -0.15) is 5.26 Å². The van der Waals surface area contributed by atoms with E-state index in [0.29, 0.717) is 13.0 Å². The van der Waals surface area contributed by atoms with Crippen molar-refractivity contribution in [3.05, 3.63) is 35.9 Å². The van der Waals surface area contributed by atoms with Gasteiger partial charge in [0.25, 0.3) is 0 Å². The SMILES string of the molecule is CC(C)(C#N)CCCN1CCOCC1CC(O)c1ccccc1. The van der Waals surface area contributed by atoms with Gasteiger partial charge in [-0.1, -0.05) is 30.3 Å². The monoisotopic (exact) mass is 316 g/mol. The highest BCUT2D eigenvalue weighted by Gasteiger charge is 2.26. The van der Waals surface area contributed by atoms with Gasteiger partial charge >= 0.3 is 0 Å². The fraction of sp³-hybridized carbons (Fsp3) is 0.632. The van der Waals surface area contributed by atoms with Crippen LogP contribution in [0.1, 0.15) is 44.8 Å². The quantitative estimate of drug-likeness (QED) is 0.839. The molecule has 0 bridgehead atoms. The van der Waals surface area contributed by atoms with Crippen molar-refractivity contribution in [3.8, 4) is 6.07 Å². The molecule has 0 amide bonds. The van der Waals surface area contributed by atoms with E-state index in [4.69, 9.17) is 10.00 Å². The number of aliphatic hydroxyl groups excluding tert-OH is 1. The first-order valence-electron chi connectivity index (χ1n) is 8.48. The van der Waals surface area contributed by atoms with E-state index >= 15 is 0 Å². The molecule has 4 nitrogen and oxygen atoms in total. The first-order chi connectivity index (χ1) is 11.0. The maximum atomic E-state index is 10.5. The van der Waals surface area contributed by atoms with E-state index in [1.54, 1.807) is 0 Å². The highest BCUT2D eigenvalue weighted by molar-refractivity contribution is 5.17. The molecule has 1 aliphatic heterocycles. The van der Waals surface area contributed by atoms with Crippen LogP contribution in [0, 0.1) is 16.7 Å². The average Bonchev–Trinajstić information content (AvgIpc) is 2.57. The van der Waals surface area contributed by atoms with Crippen LogP contribution in [0.5, 0.6) is 0 Å². The molecule has 1 aromatic rings. The molecule has 2 unspecified atom stereocenters. The van der Waals surface area contributed by atoms with Crippen molar-refractivity contribution >= 4 is 0 Å². The van der Waals surface area contributed by atoms with Gasteiger partial charge < -0.3 is 9.84 Å². The third kappa shape index (κ3) is 5.62. The van der Waals surface area contributed by atoms with Crippen LogP contribution in [-0.2, 0) is 4.74 Å². The Bertz CT molecular complexity index is 510. The first-order valence-corrected chi connectivity index (χ1v) is 8.48. The van der Waals surface area contributed by atoms with Crippen LogP contribution in [0.4, 0.5) is 0 Å². The number of rotatable bonds is 7. The summed E-state index contributed by atoms with van der Waals surface area (Å²) in [5.74, 6) is 0. The zero-order chi connectivity index (χ0) is 16.7. The number of aliphatic hydroxyl groups is 1. The lowest BCUT2D eigenvalue weighted by molar-refractivity contribution is -0.0271. The number of hydrogen-bond donors (Lipinski definition) is 1. The molecule has 1 aromatic carbocycles. The Hall–Kier alpha value is -1.41. The van der Waals surface area contributed by atoms with E-state index in [9.17, 15) is 5.11 Å². The third-order valence-electron chi connectivity index (χ3n) is 4.58. The summed E-state index contributed by atoms with van der Waals surface area (Å²) in [6.07, 6.45) is 2.12. The molecular weight excluding hydrogens is 288 g/mol. The molecule has 1 heterocycles. The molecule has 0 aliphatic carbocycles. The summed E-state index contributed by atoms with van der Waals surface area (Å²) in [5.41, 5.74) is 0.703. The number of nitrogens with zero attached hydrogens (tertiary/aromatic N) is 2. The van der Waals surface area contributed by atoms with E-state index in [2.05, 4.69) is 11.0 Å². The minimum absolute atomic E-state index is 0.240. The molecule has 0 spiro atoms. The lowest BCUT2D eigenvalue weighted by atomic mass is 9.89. The van der Waals surface area contributed by atoms with Crippen molar-refractivity contribution in [3.63, 3.8) is 0 Å². The Labute approximate surface area is 139 Å². The van der Waals surface area contributed by atoms with E-state index < -0.39 is 6.10 Å². The lowest BCUT2D eigenvalue weighted by Crippen LogP contribution is -2.46. The summed E-state index contributed by atoms with van der Waals surface area (Å²) in [4.78, 5) is 2.41. The van der Waals surface area contributed by atoms with Gasteiger partial charge in [0.05, 0.1) is 30.8 Å². The van der Waals surface area contributed by atoms with Crippen LogP contribution < -0.4 is 0 Å². The summed E-state index contributed by atoms with van der Waals surface area (Å²) < 4.78 is 5.61. The Balaban J connectivity index is 1.87. The zero-order valence-electron chi connectivity index (χ0n) is 14.2. The first kappa shape index (κ1) is 17.9. The molecular formula is C19H28N2O2. The van der Waals surface area contributed by atoms with E-state index in [0.717, 1.165) is 38.1 Å². The molecule has 1 aliphatic rings. The predicted octanol–water partition coefficient (Wildman–Crippen LogP) is 3.14. The summed E-state index contributed by atoms with van der Waals surface area (Å²) in [6.45, 7) is 7.26. The van der Waals surface area contributed by atoms with E-state index in [-0.39, 0.29) is 11.5 Å². The summed E-state index contributed by atoms with van der Waals surface area (Å²) in [5, 5.41) is 19.6. The largest absolute Gasteiger partial charge is 0.388 e. The van der Waals surface area contributed by atoms with Gasteiger partial charge in [0.15, 0.2) is 0 Å². The average molecular weight is 316 g/mol. The van der Waals surface area contributed by atoms with Crippen LogP contribution in [-0.4, -0.2) is 42.4 Å². The Morgan fingerprint density at radius 2 is 2.13 bits per heavy atom. The van der Waals surface area contributed by atoms with Crippen LogP contribution in [0.2, 0.25) is 0 Å². The standard InChI is InChI=1S/C19H28N2O2/c1-19(2,15-20)9-6-10-21-11-12-23-14-17(21)13-18(22)16-7-4-3-5-8-16/h3-5,7-8,17-18,22H,6,9-14H2,1-2H3. The van der Waals surface area contributed by atoms with Gasteiger partial charge in [0.1, 0.15) is 0 Å². The fourth-order valence-electron chi connectivity index (χ4n) is 3.05. The Morgan fingerprint density at radius 3 is 2.83 bits per heavy atom. The second-order valence-corrected chi connectivity index (χ2v) is 7.03. The van der Waals surface area contributed by atoms with Gasteiger partial charge in [-0.15, -0.1) is 0 Å². The van der Waals surface area contributed by atoms with Crippen LogP contribution in [0.3, 0.4) is 0 Å². The summed E-state index contributed by atoms with van der Waals surface area (Å²) in [6, 6.07) is 12.4. The van der Waals surface area contributed by atoms with Gasteiger partial charge in [-0.3, -0.25) is 4.90 Å². The molecule has 2 atom stereocenters. The number of ether oxygens (including phenoxy) is 1. The van der Waals surface area contributed by atoms with Gasteiger partial charge in [0.2, 0.25) is 0 Å². The van der Waals surface area contributed by atoms with Crippen LogP contribution in [0.25, 0.3) is 0 Å². The van der Waals surface area contributed by atoms with Crippen molar-refractivity contribution in [2.45, 2.75) is 45.3 Å². The maximum absolute atomic E-state index is 10.5. The molecule has 1 N–H and O–H groups in total. The van der Waals surface area contributed by atoms with Crippen molar-refractivity contribution in [1.82, 2.24) is 4.90 Å². The summed E-state index contributed by atoms with van der Waals surface area (Å²) in [7, 11) is 0. The number of nitriles is 1. The van der Waals surface area contributed by atoms with Gasteiger partial charge in [0, 0.05) is 12.6 Å². The second kappa shape index (κ2) is 8.44. The molecule has 0 radical (unpaired) electrons. The molecule has 126 valence electrons. The van der Waals surface area contributed by atoms with Gasteiger partial charge in [-0.25, -0.2) is 0 Å². The Morgan fingerprint density at radius 1 is 1.39 bits per heavy atom. The summed E-state index contributed by atoms with van der Waals surface area (Å²) >= 11 is 0. The Kier molecular flexibility index (Phi) is 6.59. The predicted molar refractivity (Wildman–Crippen MR) is 90.8 cm³/mol. The molecule has 0 saturated carbocycles. The molecule has 2 rings (SSSR count). The second-order valence-electron chi connectivity index (χ2n) is 7.03. The zero-order valence-corrected chi connectivity index (χ0v) is 14.2. The van der Waals surface area contributed by atoms with Gasteiger partial charge in [-0.05, 0) is 45.2 Å². The smallest absolute Gasteiger partial charge is 0.0805 e. The number of hydrogen-bond acceptors (Lipinski definition) is 4. The molecule has 1 saturated heterocycles. The molecule has 4 heteroatoms. The topological polar surface area (TPSA) is 56.5 Å². The molecule has 1 fully saturated rings. The van der Waals surface area contributed by atoms with Crippen molar-refractivity contribution in [1.29, 1.82) is 5.26 Å².